The highest BCUT2D eigenvalue weighted by Crippen LogP contribution is 2.23. The van der Waals surface area contributed by atoms with Crippen molar-refractivity contribution < 1.29 is 19.8 Å². The number of amides is 1. The van der Waals surface area contributed by atoms with Gasteiger partial charge in [0.1, 0.15) is 6.04 Å². The van der Waals surface area contributed by atoms with Gasteiger partial charge >= 0.3 is 5.97 Å². The van der Waals surface area contributed by atoms with Crippen molar-refractivity contribution in [2.24, 2.45) is 0 Å². The Hall–Kier alpha value is -0.750. The highest BCUT2D eigenvalue weighted by molar-refractivity contribution is 8.00. The van der Waals surface area contributed by atoms with Crippen LogP contribution in [0.1, 0.15) is 19.8 Å². The number of carboxylic acids is 1. The van der Waals surface area contributed by atoms with Gasteiger partial charge in [-0.3, -0.25) is 4.79 Å². The van der Waals surface area contributed by atoms with Crippen LogP contribution in [-0.4, -0.2) is 45.2 Å². The summed E-state index contributed by atoms with van der Waals surface area (Å²) in [6, 6.07) is -0.804. The van der Waals surface area contributed by atoms with Gasteiger partial charge in [0.05, 0.1) is 6.10 Å². The summed E-state index contributed by atoms with van der Waals surface area (Å²) < 4.78 is 0. The van der Waals surface area contributed by atoms with Crippen LogP contribution in [0.4, 0.5) is 0 Å². The van der Waals surface area contributed by atoms with Crippen LogP contribution in [0.25, 0.3) is 0 Å². The average Bonchev–Trinajstić information content (AvgIpc) is 2.26. The van der Waals surface area contributed by atoms with Crippen LogP contribution in [0.5, 0.6) is 0 Å². The zero-order valence-corrected chi connectivity index (χ0v) is 9.29. The highest BCUT2D eigenvalue weighted by atomic mass is 32.2. The van der Waals surface area contributed by atoms with E-state index in [-0.39, 0.29) is 17.6 Å². The molecule has 0 spiro atoms. The van der Waals surface area contributed by atoms with Crippen LogP contribution >= 0.6 is 11.8 Å². The number of aliphatic hydroxyl groups is 1. The van der Waals surface area contributed by atoms with Gasteiger partial charge in [0.2, 0.25) is 5.91 Å². The molecule has 0 bridgehead atoms. The van der Waals surface area contributed by atoms with Gasteiger partial charge in [0.25, 0.3) is 0 Å². The van der Waals surface area contributed by atoms with E-state index in [1.807, 2.05) is 0 Å². The van der Waals surface area contributed by atoms with E-state index >= 15 is 0 Å². The fourth-order valence-electron chi connectivity index (χ4n) is 1.46. The molecule has 0 unspecified atom stereocenters. The summed E-state index contributed by atoms with van der Waals surface area (Å²) in [5.74, 6) is -0.898. The van der Waals surface area contributed by atoms with Crippen molar-refractivity contribution in [3.05, 3.63) is 0 Å². The van der Waals surface area contributed by atoms with E-state index in [0.29, 0.717) is 12.2 Å². The van der Waals surface area contributed by atoms with E-state index < -0.39 is 18.1 Å². The molecule has 0 aromatic carbocycles. The van der Waals surface area contributed by atoms with E-state index in [1.54, 1.807) is 6.92 Å². The summed E-state index contributed by atoms with van der Waals surface area (Å²) in [6.07, 6.45) is 0.334. The van der Waals surface area contributed by atoms with Crippen LogP contribution in [0, 0.1) is 0 Å². The molecule has 1 heterocycles. The van der Waals surface area contributed by atoms with E-state index in [0.717, 1.165) is 0 Å². The Morgan fingerprint density at radius 3 is 2.93 bits per heavy atom. The number of rotatable bonds is 3. The lowest BCUT2D eigenvalue weighted by atomic mass is 10.1. The minimum absolute atomic E-state index is 0.00866. The van der Waals surface area contributed by atoms with E-state index in [2.05, 4.69) is 5.32 Å². The zero-order valence-electron chi connectivity index (χ0n) is 8.47. The van der Waals surface area contributed by atoms with Gasteiger partial charge in [-0.05, 0) is 13.3 Å². The molecule has 0 aromatic heterocycles. The number of aliphatic hydroxyl groups excluding tert-OH is 1. The second kappa shape index (κ2) is 5.37. The zero-order chi connectivity index (χ0) is 11.4. The van der Waals surface area contributed by atoms with E-state index in [4.69, 9.17) is 5.11 Å². The minimum Gasteiger partial charge on any atom is -0.480 e. The summed E-state index contributed by atoms with van der Waals surface area (Å²) >= 11 is 1.43. The fourth-order valence-corrected chi connectivity index (χ4v) is 2.83. The first-order valence-corrected chi connectivity index (χ1v) is 5.85. The number of carbonyl (C=O) groups is 2. The van der Waals surface area contributed by atoms with Gasteiger partial charge in [0.15, 0.2) is 0 Å². The normalized spacial score (nSPS) is 29.1. The average molecular weight is 233 g/mol. The SMILES string of the molecule is C[C@H](O)C[C@@H]1CC(=O)N[C@H](C(=O)O)CS1. The second-order valence-electron chi connectivity index (χ2n) is 3.70. The van der Waals surface area contributed by atoms with Crippen molar-refractivity contribution in [2.75, 3.05) is 5.75 Å². The van der Waals surface area contributed by atoms with Crippen LogP contribution < -0.4 is 5.32 Å². The molecule has 1 fully saturated rings. The lowest BCUT2D eigenvalue weighted by Crippen LogP contribution is -2.41. The summed E-state index contributed by atoms with van der Waals surface area (Å²) in [5, 5.41) is 20.4. The fraction of sp³-hybridized carbons (Fsp3) is 0.778. The summed E-state index contributed by atoms with van der Waals surface area (Å²) in [4.78, 5) is 22.0. The van der Waals surface area contributed by atoms with E-state index in [9.17, 15) is 14.7 Å². The smallest absolute Gasteiger partial charge is 0.327 e. The Balaban J connectivity index is 2.54. The first-order valence-electron chi connectivity index (χ1n) is 4.81. The van der Waals surface area contributed by atoms with Crippen LogP contribution in [0.3, 0.4) is 0 Å². The van der Waals surface area contributed by atoms with Gasteiger partial charge in [-0.2, -0.15) is 11.8 Å². The topological polar surface area (TPSA) is 86.6 Å². The molecule has 15 heavy (non-hydrogen) atoms. The van der Waals surface area contributed by atoms with Crippen LogP contribution in [0.15, 0.2) is 0 Å². The molecule has 1 saturated heterocycles. The molecule has 5 nitrogen and oxygen atoms in total. The molecule has 86 valence electrons. The first kappa shape index (κ1) is 12.3. The minimum atomic E-state index is -1.01. The summed E-state index contributed by atoms with van der Waals surface area (Å²) in [5.41, 5.74) is 0. The second-order valence-corrected chi connectivity index (χ2v) is 5.04. The Kier molecular flexibility index (Phi) is 4.41. The number of thioether (sulfide) groups is 1. The number of carbonyl (C=O) groups excluding carboxylic acids is 1. The number of carboxylic acid groups (broad SMARTS) is 1. The molecular formula is C9H15NO4S. The predicted molar refractivity (Wildman–Crippen MR) is 56.7 cm³/mol. The Morgan fingerprint density at radius 1 is 1.73 bits per heavy atom. The number of hydrogen-bond acceptors (Lipinski definition) is 4. The molecule has 1 rings (SSSR count). The Labute approximate surface area is 92.2 Å². The van der Waals surface area contributed by atoms with Crippen molar-refractivity contribution in [1.82, 2.24) is 5.32 Å². The van der Waals surface area contributed by atoms with E-state index in [1.165, 1.54) is 11.8 Å². The van der Waals surface area contributed by atoms with Gasteiger partial charge in [-0.15, -0.1) is 0 Å². The summed E-state index contributed by atoms with van der Waals surface area (Å²) in [7, 11) is 0. The third-order valence-corrected chi connectivity index (χ3v) is 3.51. The quantitative estimate of drug-likeness (QED) is 0.630. The number of nitrogens with one attached hydrogen (secondary N) is 1. The molecule has 0 aromatic rings. The molecule has 0 radical (unpaired) electrons. The number of aliphatic carboxylic acids is 1. The highest BCUT2D eigenvalue weighted by Gasteiger charge is 2.28. The van der Waals surface area contributed by atoms with Gasteiger partial charge in [-0.25, -0.2) is 4.79 Å². The van der Waals surface area contributed by atoms with Crippen LogP contribution in [0.2, 0.25) is 0 Å². The third-order valence-electron chi connectivity index (χ3n) is 2.15. The largest absolute Gasteiger partial charge is 0.480 e. The third kappa shape index (κ3) is 4.09. The Bertz CT molecular complexity index is 256. The number of hydrogen-bond donors (Lipinski definition) is 3. The van der Waals surface area contributed by atoms with Crippen molar-refractivity contribution >= 4 is 23.6 Å². The van der Waals surface area contributed by atoms with Gasteiger partial charge in [-0.1, -0.05) is 0 Å². The van der Waals surface area contributed by atoms with Gasteiger partial charge in [0, 0.05) is 17.4 Å². The lowest BCUT2D eigenvalue weighted by Gasteiger charge is -2.13. The standard InChI is InChI=1S/C9H15NO4S/c1-5(11)2-6-3-8(12)10-7(4-15-6)9(13)14/h5-7,11H,2-4H2,1H3,(H,10,12)(H,13,14)/t5-,6+,7-/m0/s1. The maximum atomic E-state index is 11.3. The molecule has 1 aliphatic rings. The molecule has 3 atom stereocenters. The predicted octanol–water partition coefficient (Wildman–Crippen LogP) is -0.168. The molecular weight excluding hydrogens is 218 g/mol. The van der Waals surface area contributed by atoms with Crippen molar-refractivity contribution in [2.45, 2.75) is 37.2 Å². The molecule has 6 heteroatoms. The van der Waals surface area contributed by atoms with Crippen molar-refractivity contribution in [1.29, 1.82) is 0 Å². The molecule has 1 amide bonds. The molecule has 0 saturated carbocycles. The van der Waals surface area contributed by atoms with Crippen molar-refractivity contribution in [3.8, 4) is 0 Å². The van der Waals surface area contributed by atoms with Crippen LogP contribution in [-0.2, 0) is 9.59 Å². The summed E-state index contributed by atoms with van der Waals surface area (Å²) in [6.45, 7) is 1.66. The Morgan fingerprint density at radius 2 is 2.40 bits per heavy atom. The molecule has 3 N–H and O–H groups in total. The monoisotopic (exact) mass is 233 g/mol. The maximum absolute atomic E-state index is 11.3. The molecule has 0 aliphatic carbocycles. The maximum Gasteiger partial charge on any atom is 0.327 e. The molecule has 1 aliphatic heterocycles. The lowest BCUT2D eigenvalue weighted by molar-refractivity contribution is -0.141. The van der Waals surface area contributed by atoms with Gasteiger partial charge < -0.3 is 15.5 Å². The first-order chi connectivity index (χ1) is 6.99. The van der Waals surface area contributed by atoms with Crippen molar-refractivity contribution in [3.63, 3.8) is 0 Å².